The highest BCUT2D eigenvalue weighted by molar-refractivity contribution is 6.03. The van der Waals surface area contributed by atoms with Crippen LogP contribution in [0.3, 0.4) is 0 Å². The molecule has 0 radical (unpaired) electrons. The van der Waals surface area contributed by atoms with Gasteiger partial charge in [-0.15, -0.1) is 0 Å². The van der Waals surface area contributed by atoms with Crippen LogP contribution in [-0.2, 0) is 22.7 Å². The van der Waals surface area contributed by atoms with Gasteiger partial charge in [0.15, 0.2) is 0 Å². The van der Waals surface area contributed by atoms with Crippen molar-refractivity contribution in [1.29, 1.82) is 0 Å². The second kappa shape index (κ2) is 12.0. The van der Waals surface area contributed by atoms with E-state index in [0.29, 0.717) is 18.5 Å². The van der Waals surface area contributed by atoms with Crippen molar-refractivity contribution >= 4 is 11.8 Å². The molecule has 0 aliphatic carbocycles. The van der Waals surface area contributed by atoms with E-state index in [1.165, 1.54) is 10.5 Å². The van der Waals surface area contributed by atoms with Gasteiger partial charge in [0.1, 0.15) is 6.04 Å². The first-order valence-corrected chi connectivity index (χ1v) is 12.1. The Balaban J connectivity index is 1.55. The Hall–Kier alpha value is -4.13. The fraction of sp³-hybridized carbons (Fsp3) is 0.286. The zero-order valence-corrected chi connectivity index (χ0v) is 20.2. The highest BCUT2D eigenvalue weighted by atomic mass is 16.6. The Morgan fingerprint density at radius 3 is 2.47 bits per heavy atom. The molecule has 36 heavy (non-hydrogen) atoms. The zero-order valence-electron chi connectivity index (χ0n) is 20.2. The summed E-state index contributed by atoms with van der Waals surface area (Å²) in [5, 5.41) is 3.80. The van der Waals surface area contributed by atoms with Crippen molar-refractivity contribution in [3.63, 3.8) is 0 Å². The van der Waals surface area contributed by atoms with Crippen molar-refractivity contribution in [2.45, 2.75) is 44.9 Å². The molecule has 2 amide bonds. The van der Waals surface area contributed by atoms with Gasteiger partial charge in [-0.25, -0.2) is 5.48 Å². The van der Waals surface area contributed by atoms with Crippen molar-refractivity contribution in [1.82, 2.24) is 10.4 Å². The van der Waals surface area contributed by atoms with Crippen molar-refractivity contribution in [2.75, 3.05) is 6.54 Å². The van der Waals surface area contributed by atoms with E-state index in [1.807, 2.05) is 54.6 Å². The molecular formula is C28H29N5O3. The molecule has 1 aliphatic heterocycles. The molecule has 1 fully saturated rings. The van der Waals surface area contributed by atoms with Crippen molar-refractivity contribution in [3.05, 3.63) is 106 Å². The van der Waals surface area contributed by atoms with E-state index in [2.05, 4.69) is 34.6 Å². The number of nitrogens with zero attached hydrogens (tertiary/aromatic N) is 4. The van der Waals surface area contributed by atoms with Gasteiger partial charge in [-0.1, -0.05) is 91.3 Å². The van der Waals surface area contributed by atoms with Crippen LogP contribution in [0, 0.1) is 0 Å². The lowest BCUT2D eigenvalue weighted by Crippen LogP contribution is -2.49. The number of carbonyl (C=O) groups is 2. The second-order valence-electron chi connectivity index (χ2n) is 8.74. The molecule has 2 atom stereocenters. The molecule has 4 rings (SSSR count). The van der Waals surface area contributed by atoms with Crippen LogP contribution in [0.1, 0.15) is 41.3 Å². The van der Waals surface area contributed by atoms with Gasteiger partial charge in [-0.05, 0) is 46.7 Å². The van der Waals surface area contributed by atoms with Crippen molar-refractivity contribution in [2.24, 2.45) is 5.11 Å². The summed E-state index contributed by atoms with van der Waals surface area (Å²) in [6.45, 7) is 2.61. The third kappa shape index (κ3) is 5.74. The van der Waals surface area contributed by atoms with E-state index in [1.54, 1.807) is 12.1 Å². The largest absolute Gasteiger partial charge is 0.326 e. The lowest BCUT2D eigenvalue weighted by Gasteiger charge is -2.26. The normalized spacial score (nSPS) is 16.9. The molecular weight excluding hydrogens is 454 g/mol. The number of azide groups is 1. The second-order valence-corrected chi connectivity index (χ2v) is 8.74. The molecule has 0 saturated carbocycles. The smallest absolute Gasteiger partial charge is 0.266 e. The van der Waals surface area contributed by atoms with Gasteiger partial charge < -0.3 is 4.90 Å². The predicted octanol–water partition coefficient (Wildman–Crippen LogP) is 5.45. The number of hydroxylamine groups is 1. The minimum absolute atomic E-state index is 0.177. The first-order chi connectivity index (χ1) is 17.6. The van der Waals surface area contributed by atoms with E-state index in [4.69, 9.17) is 10.4 Å². The molecule has 0 bridgehead atoms. The molecule has 8 heteroatoms. The molecule has 1 saturated heterocycles. The number of carbonyl (C=O) groups excluding carboxylic acids is 2. The van der Waals surface area contributed by atoms with E-state index in [0.717, 1.165) is 29.5 Å². The number of likely N-dealkylation sites (tertiary alicyclic amines) is 1. The maximum atomic E-state index is 13.7. The predicted molar refractivity (Wildman–Crippen MR) is 138 cm³/mol. The van der Waals surface area contributed by atoms with Crippen LogP contribution in [-0.4, -0.2) is 35.3 Å². The summed E-state index contributed by atoms with van der Waals surface area (Å²) in [6.07, 6.45) is 2.45. The monoisotopic (exact) mass is 483 g/mol. The van der Waals surface area contributed by atoms with Crippen LogP contribution in [0.5, 0.6) is 0 Å². The lowest BCUT2D eigenvalue weighted by molar-refractivity contribution is -0.138. The summed E-state index contributed by atoms with van der Waals surface area (Å²) in [6, 6.07) is 23.3. The van der Waals surface area contributed by atoms with Gasteiger partial charge >= 0.3 is 0 Å². The fourth-order valence-corrected chi connectivity index (χ4v) is 4.55. The molecule has 8 nitrogen and oxygen atoms in total. The van der Waals surface area contributed by atoms with Gasteiger partial charge in [-0.2, -0.15) is 0 Å². The summed E-state index contributed by atoms with van der Waals surface area (Å²) in [7, 11) is 0. The highest BCUT2D eigenvalue weighted by Crippen LogP contribution is 2.29. The zero-order chi connectivity index (χ0) is 25.3. The highest BCUT2D eigenvalue weighted by Gasteiger charge is 2.42. The number of nitrogens with one attached hydrogen (secondary N) is 1. The summed E-state index contributed by atoms with van der Waals surface area (Å²) in [5.41, 5.74) is 15.8. The third-order valence-electron chi connectivity index (χ3n) is 6.31. The molecule has 3 aromatic rings. The molecule has 184 valence electrons. The minimum Gasteiger partial charge on any atom is -0.326 e. The Morgan fingerprint density at radius 2 is 1.75 bits per heavy atom. The molecule has 3 aromatic carbocycles. The number of hydrogen-bond acceptors (Lipinski definition) is 4. The Labute approximate surface area is 210 Å². The van der Waals surface area contributed by atoms with E-state index < -0.39 is 18.0 Å². The van der Waals surface area contributed by atoms with Crippen LogP contribution in [0.15, 0.2) is 84.0 Å². The Morgan fingerprint density at radius 1 is 1.03 bits per heavy atom. The average molecular weight is 484 g/mol. The van der Waals surface area contributed by atoms with Crippen LogP contribution < -0.4 is 5.48 Å². The van der Waals surface area contributed by atoms with Crippen LogP contribution >= 0.6 is 0 Å². The van der Waals surface area contributed by atoms with E-state index >= 15 is 0 Å². The molecule has 0 unspecified atom stereocenters. The van der Waals surface area contributed by atoms with E-state index in [9.17, 15) is 9.59 Å². The molecule has 1 N–H and O–H groups in total. The Bertz CT molecular complexity index is 1240. The van der Waals surface area contributed by atoms with E-state index in [-0.39, 0.29) is 12.5 Å². The van der Waals surface area contributed by atoms with Gasteiger partial charge in [0.05, 0.1) is 12.6 Å². The van der Waals surface area contributed by atoms with Crippen molar-refractivity contribution < 1.29 is 14.4 Å². The quantitative estimate of drug-likeness (QED) is 0.189. The van der Waals surface area contributed by atoms with Crippen LogP contribution in [0.25, 0.3) is 21.6 Å². The number of aryl methyl sites for hydroxylation is 1. The number of rotatable bonds is 9. The minimum atomic E-state index is -0.968. The van der Waals surface area contributed by atoms with Gasteiger partial charge in [0.25, 0.3) is 11.8 Å². The van der Waals surface area contributed by atoms with Gasteiger partial charge in [0.2, 0.25) is 0 Å². The summed E-state index contributed by atoms with van der Waals surface area (Å²) >= 11 is 0. The number of benzene rings is 3. The Kier molecular flexibility index (Phi) is 8.34. The van der Waals surface area contributed by atoms with Crippen LogP contribution in [0.4, 0.5) is 0 Å². The topological polar surface area (TPSA) is 107 Å². The number of amides is 2. The SMILES string of the molecule is CCCc1ccc(-c2ccccc2C(=O)N2CC[C@H](N=[N+]=[N-])[C@H]2C(=O)NOCc2ccccc2)cc1. The first kappa shape index (κ1) is 25.0. The lowest BCUT2D eigenvalue weighted by atomic mass is 9.97. The van der Waals surface area contributed by atoms with Crippen LogP contribution in [0.2, 0.25) is 0 Å². The van der Waals surface area contributed by atoms with Crippen molar-refractivity contribution in [3.8, 4) is 11.1 Å². The molecule has 1 heterocycles. The third-order valence-corrected chi connectivity index (χ3v) is 6.31. The number of hydrogen-bond donors (Lipinski definition) is 1. The molecule has 0 aromatic heterocycles. The fourth-order valence-electron chi connectivity index (χ4n) is 4.55. The maximum absolute atomic E-state index is 13.7. The van der Waals surface area contributed by atoms with Gasteiger partial charge in [-0.3, -0.25) is 14.4 Å². The molecule has 1 aliphatic rings. The van der Waals surface area contributed by atoms with Gasteiger partial charge in [0, 0.05) is 17.0 Å². The average Bonchev–Trinajstić information content (AvgIpc) is 3.33. The standard InChI is InChI=1S/C28H29N5O3/c1-2-8-20-13-15-22(16-14-20)23-11-6-7-12-24(23)28(35)33-18-17-25(30-32-29)26(33)27(34)31-36-19-21-9-4-3-5-10-21/h3-7,9-16,25-26H,2,8,17-19H2,1H3,(H,31,34)/t25-,26-/m0/s1. The first-order valence-electron chi connectivity index (χ1n) is 12.1. The summed E-state index contributed by atoms with van der Waals surface area (Å²) in [5.74, 6) is -0.808. The molecule has 0 spiro atoms. The summed E-state index contributed by atoms with van der Waals surface area (Å²) < 4.78 is 0. The summed E-state index contributed by atoms with van der Waals surface area (Å²) in [4.78, 5) is 36.6. The maximum Gasteiger partial charge on any atom is 0.266 e.